The van der Waals surface area contributed by atoms with Gasteiger partial charge in [-0.05, 0) is 62.1 Å². The summed E-state index contributed by atoms with van der Waals surface area (Å²) in [4.78, 5) is 34.8. The molecule has 2 aliphatic rings. The lowest BCUT2D eigenvalue weighted by atomic mass is 9.94. The fourth-order valence-corrected chi connectivity index (χ4v) is 5.90. The predicted octanol–water partition coefficient (Wildman–Crippen LogP) is 5.17. The largest absolute Gasteiger partial charge is 0.339 e. The molecule has 1 atom stereocenters. The lowest BCUT2D eigenvalue weighted by Gasteiger charge is -2.34. The van der Waals surface area contributed by atoms with Gasteiger partial charge < -0.3 is 9.80 Å². The molecule has 2 amide bonds. The number of aromatic nitrogens is 1. The van der Waals surface area contributed by atoms with Crippen molar-refractivity contribution in [1.82, 2.24) is 14.8 Å². The van der Waals surface area contributed by atoms with Gasteiger partial charge in [-0.25, -0.2) is 4.98 Å². The Balaban J connectivity index is 1.24. The van der Waals surface area contributed by atoms with Crippen LogP contribution >= 0.6 is 22.9 Å². The van der Waals surface area contributed by atoms with E-state index in [-0.39, 0.29) is 23.8 Å². The zero-order chi connectivity index (χ0) is 21.4. The number of amides is 2. The van der Waals surface area contributed by atoms with Gasteiger partial charge >= 0.3 is 0 Å². The fourth-order valence-electron chi connectivity index (χ4n) is 4.66. The van der Waals surface area contributed by atoms with Crippen LogP contribution in [0.2, 0.25) is 5.02 Å². The van der Waals surface area contributed by atoms with Crippen LogP contribution in [0.3, 0.4) is 0 Å². The molecule has 0 bridgehead atoms. The van der Waals surface area contributed by atoms with E-state index in [0.29, 0.717) is 36.5 Å². The maximum atomic E-state index is 13.4. The summed E-state index contributed by atoms with van der Waals surface area (Å²) in [7, 11) is 0. The number of hydrogen-bond acceptors (Lipinski definition) is 4. The van der Waals surface area contributed by atoms with Crippen molar-refractivity contribution in [3.05, 3.63) is 64.1 Å². The van der Waals surface area contributed by atoms with Crippen LogP contribution < -0.4 is 0 Å². The molecule has 3 heterocycles. The molecule has 0 N–H and O–H groups in total. The first kappa shape index (κ1) is 20.5. The van der Waals surface area contributed by atoms with Crippen LogP contribution in [0.25, 0.3) is 10.2 Å². The van der Waals surface area contributed by atoms with Gasteiger partial charge in [0.1, 0.15) is 5.01 Å². The number of carbonyl (C=O) groups is 2. The Hall–Kier alpha value is -2.44. The monoisotopic (exact) mass is 453 g/mol. The molecular weight excluding hydrogens is 430 g/mol. The third-order valence-electron chi connectivity index (χ3n) is 6.35. The van der Waals surface area contributed by atoms with Gasteiger partial charge in [0.2, 0.25) is 5.91 Å². The number of hydrogen-bond donors (Lipinski definition) is 0. The molecule has 7 heteroatoms. The summed E-state index contributed by atoms with van der Waals surface area (Å²) >= 11 is 7.62. The number of rotatable bonds is 3. The van der Waals surface area contributed by atoms with Crippen molar-refractivity contribution in [2.45, 2.75) is 31.7 Å². The number of carbonyl (C=O) groups excluding carboxylic acids is 2. The van der Waals surface area contributed by atoms with Crippen LogP contribution in [0.1, 0.15) is 47.1 Å². The Labute approximate surface area is 190 Å². The van der Waals surface area contributed by atoms with E-state index in [2.05, 4.69) is 6.07 Å². The molecule has 0 spiro atoms. The van der Waals surface area contributed by atoms with E-state index >= 15 is 0 Å². The first-order valence-electron chi connectivity index (χ1n) is 10.8. The highest BCUT2D eigenvalue weighted by molar-refractivity contribution is 7.18. The molecule has 0 saturated carbocycles. The van der Waals surface area contributed by atoms with Crippen molar-refractivity contribution in [3.63, 3.8) is 0 Å². The van der Waals surface area contributed by atoms with Crippen LogP contribution in [0, 0.1) is 5.92 Å². The number of benzene rings is 2. The lowest BCUT2D eigenvalue weighted by Crippen LogP contribution is -2.44. The molecule has 2 aromatic carbocycles. The van der Waals surface area contributed by atoms with Crippen LogP contribution in [0.5, 0.6) is 0 Å². The summed E-state index contributed by atoms with van der Waals surface area (Å²) in [5.41, 5.74) is 1.65. The zero-order valence-electron chi connectivity index (χ0n) is 17.2. The Morgan fingerprint density at radius 2 is 1.71 bits per heavy atom. The molecule has 2 fully saturated rings. The minimum absolute atomic E-state index is 0.0103. The molecule has 0 radical (unpaired) electrons. The highest BCUT2D eigenvalue weighted by Gasteiger charge is 2.37. The Bertz CT molecular complexity index is 1070. The van der Waals surface area contributed by atoms with Crippen molar-refractivity contribution in [2.75, 3.05) is 19.6 Å². The summed E-state index contributed by atoms with van der Waals surface area (Å²) in [6.45, 7) is 2.01. The predicted molar refractivity (Wildman–Crippen MR) is 123 cm³/mol. The highest BCUT2D eigenvalue weighted by atomic mass is 35.5. The summed E-state index contributed by atoms with van der Waals surface area (Å²) in [5.74, 6) is 0.209. The van der Waals surface area contributed by atoms with Crippen molar-refractivity contribution < 1.29 is 9.59 Å². The summed E-state index contributed by atoms with van der Waals surface area (Å²) in [5, 5.41) is 1.66. The number of halogens is 1. The molecule has 2 saturated heterocycles. The first-order chi connectivity index (χ1) is 15.1. The second-order valence-corrected chi connectivity index (χ2v) is 9.78. The second kappa shape index (κ2) is 8.60. The molecule has 31 heavy (non-hydrogen) atoms. The average molecular weight is 454 g/mol. The molecule has 1 aromatic heterocycles. The maximum Gasteiger partial charge on any atom is 0.253 e. The zero-order valence-corrected chi connectivity index (χ0v) is 18.7. The first-order valence-corrected chi connectivity index (χ1v) is 12.0. The summed E-state index contributed by atoms with van der Waals surface area (Å²) in [6, 6.07) is 15.2. The highest BCUT2D eigenvalue weighted by Crippen LogP contribution is 2.38. The van der Waals surface area contributed by atoms with Crippen LogP contribution in [0.4, 0.5) is 0 Å². The molecule has 0 aliphatic carbocycles. The van der Waals surface area contributed by atoms with Gasteiger partial charge in [-0.15, -0.1) is 11.3 Å². The maximum absolute atomic E-state index is 13.4. The van der Waals surface area contributed by atoms with E-state index in [4.69, 9.17) is 16.6 Å². The van der Waals surface area contributed by atoms with Crippen molar-refractivity contribution in [1.29, 1.82) is 0 Å². The van der Waals surface area contributed by atoms with E-state index in [0.717, 1.165) is 29.9 Å². The van der Waals surface area contributed by atoms with E-state index in [1.807, 2.05) is 28.0 Å². The molecule has 160 valence electrons. The normalized spacial score (nSPS) is 19.8. The summed E-state index contributed by atoms with van der Waals surface area (Å²) in [6.07, 6.45) is 3.40. The van der Waals surface area contributed by atoms with Gasteiger partial charge in [0.25, 0.3) is 5.91 Å². The van der Waals surface area contributed by atoms with E-state index in [1.165, 1.54) is 4.70 Å². The average Bonchev–Trinajstić information content (AvgIpc) is 3.45. The van der Waals surface area contributed by atoms with Gasteiger partial charge in [-0.3, -0.25) is 9.59 Å². The minimum Gasteiger partial charge on any atom is -0.339 e. The number of para-hydroxylation sites is 1. The quantitative estimate of drug-likeness (QED) is 0.550. The van der Waals surface area contributed by atoms with Gasteiger partial charge in [0.05, 0.1) is 16.3 Å². The molecule has 1 unspecified atom stereocenters. The minimum atomic E-state index is -0.0238. The Morgan fingerprint density at radius 3 is 2.45 bits per heavy atom. The van der Waals surface area contributed by atoms with Crippen LogP contribution in [-0.4, -0.2) is 46.2 Å². The van der Waals surface area contributed by atoms with Crippen molar-refractivity contribution in [3.8, 4) is 0 Å². The van der Waals surface area contributed by atoms with Gasteiger partial charge in [0.15, 0.2) is 0 Å². The van der Waals surface area contributed by atoms with Gasteiger partial charge in [0, 0.05) is 36.1 Å². The van der Waals surface area contributed by atoms with E-state index in [9.17, 15) is 9.59 Å². The van der Waals surface area contributed by atoms with Crippen molar-refractivity contribution in [2.24, 2.45) is 5.92 Å². The third-order valence-corrected chi connectivity index (χ3v) is 7.74. The standard InChI is InChI=1S/C24H24ClN3O2S/c25-18-9-7-16(8-10-18)23(29)27-14-11-17(12-15-27)24(30)28-13-3-5-20(28)22-26-19-4-1-2-6-21(19)31-22/h1-2,4,6-10,17,20H,3,5,11-15H2. The van der Waals surface area contributed by atoms with Crippen LogP contribution in [-0.2, 0) is 4.79 Å². The SMILES string of the molecule is O=C(c1ccc(Cl)cc1)N1CCC(C(=O)N2CCCC2c2nc3ccccc3s2)CC1. The fraction of sp³-hybridized carbons (Fsp3) is 0.375. The molecule has 5 nitrogen and oxygen atoms in total. The molecule has 3 aromatic rings. The molecule has 5 rings (SSSR count). The topological polar surface area (TPSA) is 53.5 Å². The number of piperidine rings is 1. The smallest absolute Gasteiger partial charge is 0.253 e. The van der Waals surface area contributed by atoms with E-state index in [1.54, 1.807) is 35.6 Å². The van der Waals surface area contributed by atoms with Gasteiger partial charge in [-0.2, -0.15) is 0 Å². The third kappa shape index (κ3) is 4.06. The summed E-state index contributed by atoms with van der Waals surface area (Å²) < 4.78 is 1.17. The second-order valence-electron chi connectivity index (χ2n) is 8.28. The number of thiazole rings is 1. The Kier molecular flexibility index (Phi) is 5.67. The van der Waals surface area contributed by atoms with Crippen LogP contribution in [0.15, 0.2) is 48.5 Å². The molecule has 2 aliphatic heterocycles. The van der Waals surface area contributed by atoms with E-state index < -0.39 is 0 Å². The molecular formula is C24H24ClN3O2S. The lowest BCUT2D eigenvalue weighted by molar-refractivity contribution is -0.137. The number of likely N-dealkylation sites (tertiary alicyclic amines) is 2. The Morgan fingerprint density at radius 1 is 0.968 bits per heavy atom. The number of nitrogens with zero attached hydrogens (tertiary/aromatic N) is 3. The van der Waals surface area contributed by atoms with Crippen molar-refractivity contribution >= 4 is 45.0 Å². The van der Waals surface area contributed by atoms with Gasteiger partial charge in [-0.1, -0.05) is 23.7 Å². The number of fused-ring (bicyclic) bond motifs is 1.